The number of piperidine rings is 1. The standard InChI is InChI=1S/C24H22Cl2N4OS2/c25-20-5-4-17(11-21(20)26)13-30-8-6-19(7-9-30)28-23(31)15-33-24-29-22(14-32-24)18-3-1-2-16(10-18)12-27/h1-5,10-11,14,19H,6-9,13,15H2,(H,28,31). The van der Waals surface area contributed by atoms with E-state index in [1.165, 1.54) is 23.1 Å². The number of hydrogen-bond acceptors (Lipinski definition) is 6. The van der Waals surface area contributed by atoms with E-state index in [1.54, 1.807) is 6.07 Å². The molecule has 5 nitrogen and oxygen atoms in total. The van der Waals surface area contributed by atoms with E-state index in [2.05, 4.69) is 21.3 Å². The molecule has 0 spiro atoms. The number of thiazole rings is 1. The second-order valence-corrected chi connectivity index (χ2v) is 10.7. The summed E-state index contributed by atoms with van der Waals surface area (Å²) in [5.41, 5.74) is 3.49. The number of thioether (sulfide) groups is 1. The summed E-state index contributed by atoms with van der Waals surface area (Å²) in [6.07, 6.45) is 1.85. The van der Waals surface area contributed by atoms with Crippen molar-refractivity contribution >= 4 is 52.2 Å². The number of nitrogens with zero attached hydrogens (tertiary/aromatic N) is 3. The molecule has 0 unspecified atom stereocenters. The number of nitrogens with one attached hydrogen (secondary N) is 1. The van der Waals surface area contributed by atoms with Crippen LogP contribution in [0.25, 0.3) is 11.3 Å². The van der Waals surface area contributed by atoms with Gasteiger partial charge >= 0.3 is 0 Å². The van der Waals surface area contributed by atoms with E-state index in [0.717, 1.165) is 53.6 Å². The summed E-state index contributed by atoms with van der Waals surface area (Å²) < 4.78 is 0.846. The molecule has 1 aromatic heterocycles. The van der Waals surface area contributed by atoms with Crippen LogP contribution in [0.15, 0.2) is 52.2 Å². The smallest absolute Gasteiger partial charge is 0.230 e. The molecule has 4 rings (SSSR count). The van der Waals surface area contributed by atoms with Crippen LogP contribution in [0, 0.1) is 11.3 Å². The summed E-state index contributed by atoms with van der Waals surface area (Å²) in [5.74, 6) is 0.375. The van der Waals surface area contributed by atoms with Gasteiger partial charge in [0.1, 0.15) is 0 Å². The van der Waals surface area contributed by atoms with E-state index >= 15 is 0 Å². The molecule has 170 valence electrons. The molecule has 0 aliphatic carbocycles. The van der Waals surface area contributed by atoms with Crippen LogP contribution >= 0.6 is 46.3 Å². The Balaban J connectivity index is 1.20. The fourth-order valence-electron chi connectivity index (χ4n) is 3.73. The Morgan fingerprint density at radius 2 is 2.03 bits per heavy atom. The highest BCUT2D eigenvalue weighted by molar-refractivity contribution is 8.01. The lowest BCUT2D eigenvalue weighted by molar-refractivity contribution is -0.119. The molecular formula is C24H22Cl2N4OS2. The van der Waals surface area contributed by atoms with E-state index in [9.17, 15) is 4.79 Å². The second-order valence-electron chi connectivity index (χ2n) is 7.85. The monoisotopic (exact) mass is 516 g/mol. The van der Waals surface area contributed by atoms with Gasteiger partial charge in [-0.15, -0.1) is 11.3 Å². The van der Waals surface area contributed by atoms with Crippen molar-refractivity contribution in [3.8, 4) is 17.3 Å². The maximum Gasteiger partial charge on any atom is 0.230 e. The van der Waals surface area contributed by atoms with Crippen LogP contribution in [0.4, 0.5) is 0 Å². The third-order valence-electron chi connectivity index (χ3n) is 5.44. The minimum Gasteiger partial charge on any atom is -0.353 e. The summed E-state index contributed by atoms with van der Waals surface area (Å²) >= 11 is 15.1. The lowest BCUT2D eigenvalue weighted by Crippen LogP contribution is -2.44. The SMILES string of the molecule is N#Cc1cccc(-c2csc(SCC(=O)NC3CCN(Cc4ccc(Cl)c(Cl)c4)CC3)n2)c1. The van der Waals surface area contributed by atoms with Gasteiger partial charge in [0.25, 0.3) is 0 Å². The Morgan fingerprint density at radius 3 is 2.79 bits per heavy atom. The van der Waals surface area contributed by atoms with E-state index in [4.69, 9.17) is 28.5 Å². The maximum atomic E-state index is 12.5. The van der Waals surface area contributed by atoms with Gasteiger partial charge in [-0.05, 0) is 42.7 Å². The van der Waals surface area contributed by atoms with E-state index < -0.39 is 0 Å². The Kier molecular flexibility index (Phi) is 8.29. The predicted molar refractivity (Wildman–Crippen MR) is 136 cm³/mol. The van der Waals surface area contributed by atoms with Gasteiger partial charge in [-0.1, -0.05) is 53.2 Å². The van der Waals surface area contributed by atoms with Crippen molar-refractivity contribution in [1.82, 2.24) is 15.2 Å². The number of halogens is 2. The Bertz CT molecular complexity index is 1170. The third kappa shape index (κ3) is 6.72. The van der Waals surface area contributed by atoms with Crippen LogP contribution < -0.4 is 5.32 Å². The topological polar surface area (TPSA) is 69.0 Å². The number of benzene rings is 2. The summed E-state index contributed by atoms with van der Waals surface area (Å²) in [6, 6.07) is 15.5. The molecule has 0 bridgehead atoms. The molecule has 1 amide bonds. The van der Waals surface area contributed by atoms with Crippen LogP contribution in [0.3, 0.4) is 0 Å². The number of carbonyl (C=O) groups is 1. The summed E-state index contributed by atoms with van der Waals surface area (Å²) in [4.78, 5) is 19.4. The van der Waals surface area contributed by atoms with Gasteiger partial charge in [0.2, 0.25) is 5.91 Å². The molecule has 2 aromatic carbocycles. The molecule has 0 saturated carbocycles. The summed E-state index contributed by atoms with van der Waals surface area (Å²) in [7, 11) is 0. The number of likely N-dealkylation sites (tertiary alicyclic amines) is 1. The average molecular weight is 518 g/mol. The van der Waals surface area contributed by atoms with Crippen molar-refractivity contribution in [1.29, 1.82) is 5.26 Å². The minimum absolute atomic E-state index is 0.0335. The maximum absolute atomic E-state index is 12.5. The quantitative estimate of drug-likeness (QED) is 0.398. The molecule has 33 heavy (non-hydrogen) atoms. The largest absolute Gasteiger partial charge is 0.353 e. The molecule has 3 aromatic rings. The van der Waals surface area contributed by atoms with Gasteiger partial charge in [0, 0.05) is 36.6 Å². The molecule has 1 saturated heterocycles. The first kappa shape index (κ1) is 24.1. The van der Waals surface area contributed by atoms with Crippen molar-refractivity contribution in [3.05, 3.63) is 69.0 Å². The van der Waals surface area contributed by atoms with Crippen molar-refractivity contribution in [2.45, 2.75) is 29.8 Å². The minimum atomic E-state index is 0.0335. The van der Waals surface area contributed by atoms with Gasteiger partial charge in [-0.25, -0.2) is 4.98 Å². The van der Waals surface area contributed by atoms with Gasteiger partial charge in [-0.2, -0.15) is 5.26 Å². The van der Waals surface area contributed by atoms with E-state index in [1.807, 2.05) is 41.8 Å². The summed E-state index contributed by atoms with van der Waals surface area (Å²) in [6.45, 7) is 2.68. The molecule has 1 aliphatic rings. The molecule has 2 heterocycles. The van der Waals surface area contributed by atoms with Crippen LogP contribution in [-0.2, 0) is 11.3 Å². The van der Waals surface area contributed by atoms with Crippen molar-refractivity contribution in [3.63, 3.8) is 0 Å². The van der Waals surface area contributed by atoms with Gasteiger partial charge < -0.3 is 5.32 Å². The first-order valence-corrected chi connectivity index (χ1v) is 13.2. The third-order valence-corrected chi connectivity index (χ3v) is 8.20. The van der Waals surface area contributed by atoms with Crippen molar-refractivity contribution in [2.24, 2.45) is 0 Å². The molecule has 1 fully saturated rings. The fraction of sp³-hybridized carbons (Fsp3) is 0.292. The Morgan fingerprint density at radius 1 is 1.21 bits per heavy atom. The van der Waals surface area contributed by atoms with E-state index in [0.29, 0.717) is 21.4 Å². The van der Waals surface area contributed by atoms with Crippen LogP contribution in [-0.4, -0.2) is 40.7 Å². The lowest BCUT2D eigenvalue weighted by atomic mass is 10.0. The van der Waals surface area contributed by atoms with Crippen LogP contribution in [0.5, 0.6) is 0 Å². The molecule has 9 heteroatoms. The zero-order valence-corrected chi connectivity index (χ0v) is 20.9. The Labute approximate surface area is 211 Å². The van der Waals surface area contributed by atoms with E-state index in [-0.39, 0.29) is 11.9 Å². The fourth-order valence-corrected chi connectivity index (χ4v) is 5.70. The highest BCUT2D eigenvalue weighted by Gasteiger charge is 2.21. The summed E-state index contributed by atoms with van der Waals surface area (Å²) in [5, 5.41) is 15.3. The second kappa shape index (κ2) is 11.4. The normalized spacial score (nSPS) is 14.7. The van der Waals surface area contributed by atoms with Crippen LogP contribution in [0.2, 0.25) is 10.0 Å². The number of hydrogen-bond donors (Lipinski definition) is 1. The molecule has 0 atom stereocenters. The number of rotatable bonds is 7. The van der Waals surface area contributed by atoms with Gasteiger partial charge in [0.05, 0.1) is 33.1 Å². The first-order chi connectivity index (χ1) is 16.0. The molecular weight excluding hydrogens is 495 g/mol. The highest BCUT2D eigenvalue weighted by Crippen LogP contribution is 2.29. The predicted octanol–water partition coefficient (Wildman–Crippen LogP) is 5.86. The number of amides is 1. The first-order valence-electron chi connectivity index (χ1n) is 10.5. The van der Waals surface area contributed by atoms with Gasteiger partial charge in [0.15, 0.2) is 4.34 Å². The number of carbonyl (C=O) groups excluding carboxylic acids is 1. The molecule has 1 N–H and O–H groups in total. The van der Waals surface area contributed by atoms with Crippen molar-refractivity contribution in [2.75, 3.05) is 18.8 Å². The Hall–Kier alpha value is -2.08. The molecule has 0 radical (unpaired) electrons. The lowest BCUT2D eigenvalue weighted by Gasteiger charge is -2.32. The zero-order valence-electron chi connectivity index (χ0n) is 17.8. The number of nitriles is 1. The van der Waals surface area contributed by atoms with Crippen LogP contribution in [0.1, 0.15) is 24.0 Å². The van der Waals surface area contributed by atoms with Crippen molar-refractivity contribution < 1.29 is 4.79 Å². The van der Waals surface area contributed by atoms with Gasteiger partial charge in [-0.3, -0.25) is 9.69 Å². The molecule has 1 aliphatic heterocycles. The number of aromatic nitrogens is 1. The zero-order chi connectivity index (χ0) is 23.2. The average Bonchev–Trinajstić information content (AvgIpc) is 3.31. The highest BCUT2D eigenvalue weighted by atomic mass is 35.5.